The van der Waals surface area contributed by atoms with Crippen LogP contribution in [0.15, 0.2) is 16.7 Å². The smallest absolute Gasteiger partial charge is 0.317 e. The zero-order valence-electron chi connectivity index (χ0n) is 13.9. The molecule has 0 spiro atoms. The first-order valence-electron chi connectivity index (χ1n) is 8.41. The molecule has 1 aromatic rings. The van der Waals surface area contributed by atoms with Crippen molar-refractivity contribution in [1.29, 1.82) is 0 Å². The highest BCUT2D eigenvalue weighted by Gasteiger charge is 2.29. The van der Waals surface area contributed by atoms with Crippen molar-refractivity contribution in [3.63, 3.8) is 0 Å². The molecule has 126 valence electrons. The molecule has 3 amide bonds. The Balaban J connectivity index is 1.54. The molecule has 6 nitrogen and oxygen atoms in total. The van der Waals surface area contributed by atoms with E-state index in [0.717, 1.165) is 43.4 Å². The van der Waals surface area contributed by atoms with Crippen molar-refractivity contribution >= 4 is 11.9 Å². The Morgan fingerprint density at radius 2 is 2.04 bits per heavy atom. The van der Waals surface area contributed by atoms with E-state index in [1.54, 1.807) is 18.1 Å². The van der Waals surface area contributed by atoms with Gasteiger partial charge in [-0.05, 0) is 31.7 Å². The van der Waals surface area contributed by atoms with E-state index in [-0.39, 0.29) is 24.0 Å². The van der Waals surface area contributed by atoms with Gasteiger partial charge in [0.05, 0.1) is 12.3 Å². The molecule has 1 atom stereocenters. The number of piperidine rings is 1. The second-order valence-corrected chi connectivity index (χ2v) is 6.54. The molecular weight excluding hydrogens is 294 g/mol. The fourth-order valence-corrected chi connectivity index (χ4v) is 3.59. The molecule has 3 rings (SSSR count). The highest BCUT2D eigenvalue weighted by molar-refractivity contribution is 5.75. The Morgan fingerprint density at radius 3 is 2.74 bits per heavy atom. The average Bonchev–Trinajstić information content (AvgIpc) is 3.04. The molecule has 1 aromatic heterocycles. The summed E-state index contributed by atoms with van der Waals surface area (Å²) < 4.78 is 5.47. The van der Waals surface area contributed by atoms with Crippen molar-refractivity contribution in [3.8, 4) is 0 Å². The maximum absolute atomic E-state index is 12.5. The van der Waals surface area contributed by atoms with Gasteiger partial charge in [-0.15, -0.1) is 0 Å². The SMILES string of the molecule is CC(=O)N(C)C1CCN(C(=O)N[C@@H]2CCCc3occc32)CC1. The number of rotatable bonds is 2. The summed E-state index contributed by atoms with van der Waals surface area (Å²) in [6, 6.07) is 2.26. The van der Waals surface area contributed by atoms with Crippen molar-refractivity contribution in [1.82, 2.24) is 15.1 Å². The molecule has 1 aliphatic heterocycles. The molecule has 1 fully saturated rings. The van der Waals surface area contributed by atoms with Gasteiger partial charge in [0.15, 0.2) is 0 Å². The van der Waals surface area contributed by atoms with E-state index in [0.29, 0.717) is 13.1 Å². The van der Waals surface area contributed by atoms with Gasteiger partial charge in [-0.25, -0.2) is 4.79 Å². The summed E-state index contributed by atoms with van der Waals surface area (Å²) in [6.07, 6.45) is 6.34. The lowest BCUT2D eigenvalue weighted by molar-refractivity contribution is -0.130. The fraction of sp³-hybridized carbons (Fsp3) is 0.647. The lowest BCUT2D eigenvalue weighted by Gasteiger charge is -2.37. The van der Waals surface area contributed by atoms with Crippen LogP contribution in [-0.2, 0) is 11.2 Å². The Kier molecular flexibility index (Phi) is 4.59. The molecule has 1 saturated heterocycles. The molecule has 2 aliphatic rings. The van der Waals surface area contributed by atoms with Crippen LogP contribution in [0.5, 0.6) is 0 Å². The first-order valence-corrected chi connectivity index (χ1v) is 8.41. The van der Waals surface area contributed by atoms with Crippen LogP contribution >= 0.6 is 0 Å². The lowest BCUT2D eigenvalue weighted by Crippen LogP contribution is -2.50. The number of likely N-dealkylation sites (tertiary alicyclic amines) is 1. The molecular formula is C17H25N3O3. The van der Waals surface area contributed by atoms with E-state index in [9.17, 15) is 9.59 Å². The Bertz CT molecular complexity index is 575. The molecule has 0 radical (unpaired) electrons. The second kappa shape index (κ2) is 6.64. The summed E-state index contributed by atoms with van der Waals surface area (Å²) in [5, 5.41) is 3.14. The van der Waals surface area contributed by atoms with E-state index in [1.165, 1.54) is 0 Å². The minimum Gasteiger partial charge on any atom is -0.469 e. The van der Waals surface area contributed by atoms with Gasteiger partial charge in [0.1, 0.15) is 5.76 Å². The van der Waals surface area contributed by atoms with Gasteiger partial charge in [0, 0.05) is 45.1 Å². The van der Waals surface area contributed by atoms with Crippen molar-refractivity contribution in [2.75, 3.05) is 20.1 Å². The van der Waals surface area contributed by atoms with Crippen LogP contribution < -0.4 is 5.32 Å². The molecule has 0 bridgehead atoms. The Hall–Kier alpha value is -1.98. The molecule has 6 heteroatoms. The maximum atomic E-state index is 12.5. The number of nitrogens with zero attached hydrogens (tertiary/aromatic N) is 2. The molecule has 1 N–H and O–H groups in total. The number of hydrogen-bond donors (Lipinski definition) is 1. The van der Waals surface area contributed by atoms with Crippen LogP contribution in [-0.4, -0.2) is 47.9 Å². The zero-order chi connectivity index (χ0) is 16.4. The number of aryl methyl sites for hydroxylation is 1. The number of urea groups is 1. The third kappa shape index (κ3) is 3.35. The zero-order valence-corrected chi connectivity index (χ0v) is 13.9. The molecule has 0 saturated carbocycles. The van der Waals surface area contributed by atoms with Gasteiger partial charge in [0.25, 0.3) is 0 Å². The number of hydrogen-bond acceptors (Lipinski definition) is 3. The van der Waals surface area contributed by atoms with Crippen LogP contribution in [0.1, 0.15) is 50.0 Å². The number of furan rings is 1. The second-order valence-electron chi connectivity index (χ2n) is 6.54. The molecule has 1 aliphatic carbocycles. The van der Waals surface area contributed by atoms with Gasteiger partial charge in [-0.3, -0.25) is 4.79 Å². The van der Waals surface area contributed by atoms with Crippen LogP contribution in [0.4, 0.5) is 4.79 Å². The average molecular weight is 319 g/mol. The maximum Gasteiger partial charge on any atom is 0.317 e. The minimum absolute atomic E-state index is 0.00650. The highest BCUT2D eigenvalue weighted by atomic mass is 16.3. The van der Waals surface area contributed by atoms with Crippen LogP contribution in [0.2, 0.25) is 0 Å². The Labute approximate surface area is 136 Å². The van der Waals surface area contributed by atoms with Gasteiger partial charge in [0.2, 0.25) is 5.91 Å². The largest absolute Gasteiger partial charge is 0.469 e. The normalized spacial score (nSPS) is 21.7. The number of carbonyl (C=O) groups is 2. The molecule has 0 aromatic carbocycles. The topological polar surface area (TPSA) is 65.8 Å². The summed E-state index contributed by atoms with van der Waals surface area (Å²) in [6.45, 7) is 2.98. The molecule has 2 heterocycles. The van der Waals surface area contributed by atoms with E-state index < -0.39 is 0 Å². The van der Waals surface area contributed by atoms with Crippen LogP contribution in [0.25, 0.3) is 0 Å². The van der Waals surface area contributed by atoms with Crippen LogP contribution in [0.3, 0.4) is 0 Å². The van der Waals surface area contributed by atoms with Crippen molar-refractivity contribution < 1.29 is 14.0 Å². The van der Waals surface area contributed by atoms with E-state index in [2.05, 4.69) is 5.32 Å². The van der Waals surface area contributed by atoms with E-state index in [1.807, 2.05) is 18.0 Å². The summed E-state index contributed by atoms with van der Waals surface area (Å²) in [5.41, 5.74) is 1.12. The predicted molar refractivity (Wildman–Crippen MR) is 86.0 cm³/mol. The van der Waals surface area contributed by atoms with Crippen molar-refractivity contribution in [3.05, 3.63) is 23.7 Å². The van der Waals surface area contributed by atoms with Crippen molar-refractivity contribution in [2.45, 2.75) is 51.1 Å². The lowest BCUT2D eigenvalue weighted by atomic mass is 9.93. The van der Waals surface area contributed by atoms with Gasteiger partial charge >= 0.3 is 6.03 Å². The number of amides is 3. The van der Waals surface area contributed by atoms with Gasteiger partial charge in [-0.1, -0.05) is 0 Å². The minimum atomic E-state index is -0.00650. The van der Waals surface area contributed by atoms with Crippen molar-refractivity contribution in [2.24, 2.45) is 0 Å². The van der Waals surface area contributed by atoms with Gasteiger partial charge in [-0.2, -0.15) is 0 Å². The third-order valence-electron chi connectivity index (χ3n) is 5.15. The summed E-state index contributed by atoms with van der Waals surface area (Å²) in [7, 11) is 1.84. The first-order chi connectivity index (χ1) is 11.1. The highest BCUT2D eigenvalue weighted by Crippen LogP contribution is 2.30. The van der Waals surface area contributed by atoms with Crippen LogP contribution in [0, 0.1) is 0 Å². The van der Waals surface area contributed by atoms with Gasteiger partial charge < -0.3 is 19.5 Å². The summed E-state index contributed by atoms with van der Waals surface area (Å²) in [4.78, 5) is 27.6. The summed E-state index contributed by atoms with van der Waals surface area (Å²) in [5.74, 6) is 1.09. The van der Waals surface area contributed by atoms with E-state index in [4.69, 9.17) is 4.42 Å². The first kappa shape index (κ1) is 15.9. The molecule has 0 unspecified atom stereocenters. The van der Waals surface area contributed by atoms with E-state index >= 15 is 0 Å². The summed E-state index contributed by atoms with van der Waals surface area (Å²) >= 11 is 0. The Morgan fingerprint density at radius 1 is 1.30 bits per heavy atom. The fourth-order valence-electron chi connectivity index (χ4n) is 3.59. The molecule has 23 heavy (non-hydrogen) atoms. The number of fused-ring (bicyclic) bond motifs is 1. The predicted octanol–water partition coefficient (Wildman–Crippen LogP) is 2.31. The number of nitrogens with one attached hydrogen (secondary N) is 1. The third-order valence-corrected chi connectivity index (χ3v) is 5.15. The monoisotopic (exact) mass is 319 g/mol. The quantitative estimate of drug-likeness (QED) is 0.909. The number of carbonyl (C=O) groups excluding carboxylic acids is 2. The standard InChI is InChI=1S/C17H25N3O3/c1-12(21)19(2)13-6-9-20(10-7-13)17(22)18-15-4-3-5-16-14(15)8-11-23-16/h8,11,13,15H,3-7,9-10H2,1-2H3,(H,18,22)/t15-/m1/s1.